The van der Waals surface area contributed by atoms with Crippen molar-refractivity contribution in [2.24, 2.45) is 0 Å². The molecule has 0 aromatic carbocycles. The van der Waals surface area contributed by atoms with E-state index >= 15 is 0 Å². The number of aliphatic hydroxyl groups excluding tert-OH is 1. The maximum Gasteiger partial charge on any atom is 0.0582 e. The van der Waals surface area contributed by atoms with Crippen LogP contribution in [0.15, 0.2) is 0 Å². The molecule has 1 rings (SSSR count). The van der Waals surface area contributed by atoms with Crippen molar-refractivity contribution in [1.29, 1.82) is 0 Å². The summed E-state index contributed by atoms with van der Waals surface area (Å²) in [6, 6.07) is 0.948. The van der Waals surface area contributed by atoms with Crippen LogP contribution in [0.5, 0.6) is 0 Å². The summed E-state index contributed by atoms with van der Waals surface area (Å²) in [5, 5.41) is 12.2. The molecule has 0 aromatic heterocycles. The Morgan fingerprint density at radius 2 is 1.92 bits per heavy atom. The largest absolute Gasteiger partial charge is 0.395 e. The number of rotatable bonds is 3. The molecule has 0 saturated heterocycles. The molecular weight excluding hydrogens is 174 g/mol. The van der Waals surface area contributed by atoms with Crippen LogP contribution in [0.3, 0.4) is 0 Å². The van der Waals surface area contributed by atoms with Crippen LogP contribution in [0, 0.1) is 0 Å². The van der Waals surface area contributed by atoms with Gasteiger partial charge in [0.2, 0.25) is 0 Å². The van der Waals surface area contributed by atoms with E-state index in [0.29, 0.717) is 6.04 Å². The fraction of sp³-hybridized carbons (Fsp3) is 1.00. The predicted octanol–water partition coefficient (Wildman–Crippen LogP) is 1.71. The van der Waals surface area contributed by atoms with Crippen molar-refractivity contribution in [3.63, 3.8) is 0 Å². The first-order valence-corrected chi connectivity index (χ1v) is 4.70. The topological polar surface area (TPSA) is 32.3 Å². The number of halogens is 1. The van der Waals surface area contributed by atoms with E-state index in [1.165, 1.54) is 32.1 Å². The highest BCUT2D eigenvalue weighted by atomic mass is 35.5. The van der Waals surface area contributed by atoms with Gasteiger partial charge >= 0.3 is 0 Å². The Kier molecular flexibility index (Phi) is 6.81. The minimum absolute atomic E-state index is 0. The van der Waals surface area contributed by atoms with Crippen LogP contribution in [0.1, 0.15) is 39.0 Å². The molecule has 1 aliphatic rings. The molecule has 1 atom stereocenters. The highest BCUT2D eigenvalue weighted by Gasteiger charge is 2.14. The third-order valence-corrected chi connectivity index (χ3v) is 2.40. The van der Waals surface area contributed by atoms with Crippen molar-refractivity contribution in [2.75, 3.05) is 6.61 Å². The third-order valence-electron chi connectivity index (χ3n) is 2.40. The van der Waals surface area contributed by atoms with Crippen molar-refractivity contribution in [3.8, 4) is 0 Å². The molecule has 0 unspecified atom stereocenters. The quantitative estimate of drug-likeness (QED) is 0.716. The minimum atomic E-state index is 0. The van der Waals surface area contributed by atoms with E-state index in [-0.39, 0.29) is 25.1 Å². The van der Waals surface area contributed by atoms with Crippen molar-refractivity contribution in [2.45, 2.75) is 51.1 Å². The lowest BCUT2D eigenvalue weighted by molar-refractivity contribution is 0.228. The van der Waals surface area contributed by atoms with Crippen molar-refractivity contribution in [1.82, 2.24) is 5.32 Å². The first kappa shape index (κ1) is 12.2. The molecule has 12 heavy (non-hydrogen) atoms. The van der Waals surface area contributed by atoms with Crippen LogP contribution < -0.4 is 5.32 Å². The van der Waals surface area contributed by atoms with Crippen LogP contribution in [0.2, 0.25) is 0 Å². The van der Waals surface area contributed by atoms with Crippen LogP contribution >= 0.6 is 12.4 Å². The second-order valence-corrected chi connectivity index (χ2v) is 3.59. The number of hydrogen-bond acceptors (Lipinski definition) is 2. The van der Waals surface area contributed by atoms with Crippen LogP contribution in [0.25, 0.3) is 0 Å². The molecule has 2 N–H and O–H groups in total. The zero-order chi connectivity index (χ0) is 8.10. The summed E-state index contributed by atoms with van der Waals surface area (Å²) in [6.07, 6.45) is 6.70. The van der Waals surface area contributed by atoms with Crippen molar-refractivity contribution in [3.05, 3.63) is 0 Å². The standard InChI is InChI=1S/C9H19NO.ClH/c1-8(7-11)10-9-5-3-2-4-6-9;/h8-11H,2-7H2,1H3;1H/t8-;/m0./s1. The molecule has 0 aliphatic heterocycles. The van der Waals surface area contributed by atoms with E-state index in [2.05, 4.69) is 5.32 Å². The van der Waals surface area contributed by atoms with Gasteiger partial charge in [0, 0.05) is 12.1 Å². The summed E-state index contributed by atoms with van der Waals surface area (Å²) in [6.45, 7) is 2.30. The third kappa shape index (κ3) is 4.29. The molecule has 3 heteroatoms. The Bertz CT molecular complexity index is 105. The van der Waals surface area contributed by atoms with Gasteiger partial charge in [-0.1, -0.05) is 19.3 Å². The highest BCUT2D eigenvalue weighted by Crippen LogP contribution is 2.17. The molecule has 1 aliphatic carbocycles. The summed E-state index contributed by atoms with van der Waals surface area (Å²) >= 11 is 0. The van der Waals surface area contributed by atoms with Crippen LogP contribution in [0.4, 0.5) is 0 Å². The average Bonchev–Trinajstić information content (AvgIpc) is 2.06. The second-order valence-electron chi connectivity index (χ2n) is 3.59. The molecule has 0 heterocycles. The molecule has 0 spiro atoms. The summed E-state index contributed by atoms with van der Waals surface area (Å²) in [7, 11) is 0. The summed E-state index contributed by atoms with van der Waals surface area (Å²) in [4.78, 5) is 0. The van der Waals surface area contributed by atoms with Crippen LogP contribution in [-0.2, 0) is 0 Å². The van der Waals surface area contributed by atoms with Gasteiger partial charge in [0.1, 0.15) is 0 Å². The Hall–Kier alpha value is 0.210. The summed E-state index contributed by atoms with van der Waals surface area (Å²) in [5.74, 6) is 0. The van der Waals surface area contributed by atoms with Gasteiger partial charge in [-0.25, -0.2) is 0 Å². The highest BCUT2D eigenvalue weighted by molar-refractivity contribution is 5.85. The molecule has 1 saturated carbocycles. The lowest BCUT2D eigenvalue weighted by atomic mass is 9.95. The molecule has 0 radical (unpaired) electrons. The first-order chi connectivity index (χ1) is 5.33. The normalized spacial score (nSPS) is 21.5. The van der Waals surface area contributed by atoms with E-state index in [1.807, 2.05) is 6.92 Å². The Balaban J connectivity index is 0.00000121. The van der Waals surface area contributed by atoms with E-state index in [0.717, 1.165) is 0 Å². The van der Waals surface area contributed by atoms with Gasteiger partial charge in [-0.05, 0) is 19.8 Å². The van der Waals surface area contributed by atoms with E-state index in [1.54, 1.807) is 0 Å². The SMILES string of the molecule is C[C@@H](CO)NC1CCCCC1.Cl. The van der Waals surface area contributed by atoms with Gasteiger partial charge < -0.3 is 10.4 Å². The van der Waals surface area contributed by atoms with Gasteiger partial charge in [0.05, 0.1) is 6.61 Å². The second kappa shape index (κ2) is 6.70. The zero-order valence-electron chi connectivity index (χ0n) is 7.75. The van der Waals surface area contributed by atoms with Crippen molar-refractivity contribution < 1.29 is 5.11 Å². The zero-order valence-corrected chi connectivity index (χ0v) is 8.57. The molecule has 2 nitrogen and oxygen atoms in total. The smallest absolute Gasteiger partial charge is 0.0582 e. The van der Waals surface area contributed by atoms with Crippen LogP contribution in [-0.4, -0.2) is 23.8 Å². The number of nitrogens with one attached hydrogen (secondary N) is 1. The molecule has 1 fully saturated rings. The Morgan fingerprint density at radius 3 is 2.42 bits per heavy atom. The fourth-order valence-corrected chi connectivity index (χ4v) is 1.72. The molecular formula is C9H20ClNO. The van der Waals surface area contributed by atoms with E-state index in [4.69, 9.17) is 5.11 Å². The Labute approximate surface area is 81.2 Å². The van der Waals surface area contributed by atoms with E-state index < -0.39 is 0 Å². The monoisotopic (exact) mass is 193 g/mol. The number of aliphatic hydroxyl groups is 1. The van der Waals surface area contributed by atoms with E-state index in [9.17, 15) is 0 Å². The average molecular weight is 194 g/mol. The van der Waals surface area contributed by atoms with Gasteiger partial charge in [-0.15, -0.1) is 12.4 Å². The van der Waals surface area contributed by atoms with Gasteiger partial charge in [0.15, 0.2) is 0 Å². The fourth-order valence-electron chi connectivity index (χ4n) is 1.72. The molecule has 0 bridgehead atoms. The van der Waals surface area contributed by atoms with Crippen molar-refractivity contribution >= 4 is 12.4 Å². The molecule has 0 amide bonds. The Morgan fingerprint density at radius 1 is 1.33 bits per heavy atom. The maximum atomic E-state index is 8.80. The minimum Gasteiger partial charge on any atom is -0.395 e. The van der Waals surface area contributed by atoms with Gasteiger partial charge in [-0.3, -0.25) is 0 Å². The predicted molar refractivity (Wildman–Crippen MR) is 53.8 cm³/mol. The molecule has 74 valence electrons. The van der Waals surface area contributed by atoms with Gasteiger partial charge in [0.25, 0.3) is 0 Å². The lowest BCUT2D eigenvalue weighted by Gasteiger charge is -2.25. The molecule has 0 aromatic rings. The number of hydrogen-bond donors (Lipinski definition) is 2. The maximum absolute atomic E-state index is 8.80. The van der Waals surface area contributed by atoms with Gasteiger partial charge in [-0.2, -0.15) is 0 Å². The lowest BCUT2D eigenvalue weighted by Crippen LogP contribution is -2.39. The first-order valence-electron chi connectivity index (χ1n) is 4.70. The summed E-state index contributed by atoms with van der Waals surface area (Å²) < 4.78 is 0. The summed E-state index contributed by atoms with van der Waals surface area (Å²) in [5.41, 5.74) is 0.